The number of aromatic nitrogens is 4. The van der Waals surface area contributed by atoms with Crippen molar-refractivity contribution in [2.45, 2.75) is 38.1 Å². The molecule has 6 nitrogen and oxygen atoms in total. The van der Waals surface area contributed by atoms with Crippen molar-refractivity contribution in [2.75, 3.05) is 18.0 Å². The fourth-order valence-corrected chi connectivity index (χ4v) is 2.74. The van der Waals surface area contributed by atoms with Crippen LogP contribution in [0.1, 0.15) is 37.7 Å². The summed E-state index contributed by atoms with van der Waals surface area (Å²) in [7, 11) is 0. The van der Waals surface area contributed by atoms with Crippen molar-refractivity contribution in [1.29, 1.82) is 0 Å². The summed E-state index contributed by atoms with van der Waals surface area (Å²) in [5.41, 5.74) is -1.36. The van der Waals surface area contributed by atoms with Crippen LogP contribution in [0.25, 0.3) is 0 Å². The number of pyridine rings is 1. The Hall–Kier alpha value is -2.16. The Balaban J connectivity index is 1.82. The summed E-state index contributed by atoms with van der Waals surface area (Å²) < 4.78 is 40.0. The molecule has 3 heterocycles. The third-order valence-corrected chi connectivity index (χ3v) is 4.16. The van der Waals surface area contributed by atoms with Gasteiger partial charge in [0.25, 0.3) is 0 Å². The highest BCUT2D eigenvalue weighted by Gasteiger charge is 2.41. The number of β-amino-alcohol motifs (C(OH)–C–C–N with tert-alkyl or cyclic N) is 1. The van der Waals surface area contributed by atoms with Gasteiger partial charge in [-0.05, 0) is 26.0 Å². The zero-order valence-electron chi connectivity index (χ0n) is 13.3. The number of anilines is 1. The summed E-state index contributed by atoms with van der Waals surface area (Å²) in [6.45, 7) is 4.47. The molecule has 0 saturated carbocycles. The van der Waals surface area contributed by atoms with Crippen LogP contribution in [0.4, 0.5) is 18.9 Å². The van der Waals surface area contributed by atoms with E-state index in [0.717, 1.165) is 12.3 Å². The molecule has 2 aromatic rings. The monoisotopic (exact) mass is 341 g/mol. The highest BCUT2D eigenvalue weighted by atomic mass is 19.4. The molecule has 1 saturated heterocycles. The maximum absolute atomic E-state index is 12.8. The number of aliphatic hydroxyl groups is 1. The van der Waals surface area contributed by atoms with E-state index in [1.54, 1.807) is 15.8 Å². The Morgan fingerprint density at radius 1 is 1.33 bits per heavy atom. The molecule has 0 amide bonds. The number of hydrogen-bond acceptors (Lipinski definition) is 5. The second-order valence-electron chi connectivity index (χ2n) is 6.28. The van der Waals surface area contributed by atoms with Gasteiger partial charge in [-0.15, -0.1) is 5.10 Å². The molecular formula is C15H18F3N5O. The Kier molecular flexibility index (Phi) is 3.98. The predicted molar refractivity (Wildman–Crippen MR) is 80.4 cm³/mol. The van der Waals surface area contributed by atoms with Crippen molar-refractivity contribution in [3.8, 4) is 0 Å². The summed E-state index contributed by atoms with van der Waals surface area (Å²) in [5.74, 6) is 0. The van der Waals surface area contributed by atoms with Crippen LogP contribution >= 0.6 is 0 Å². The van der Waals surface area contributed by atoms with Gasteiger partial charge in [-0.3, -0.25) is 4.98 Å². The Morgan fingerprint density at radius 2 is 2.08 bits per heavy atom. The lowest BCUT2D eigenvalue weighted by Gasteiger charge is -2.23. The van der Waals surface area contributed by atoms with Crippen LogP contribution in [-0.2, 0) is 11.8 Å². The fourth-order valence-electron chi connectivity index (χ4n) is 2.74. The minimum Gasteiger partial charge on any atom is -0.381 e. The van der Waals surface area contributed by atoms with E-state index < -0.39 is 17.5 Å². The van der Waals surface area contributed by atoms with Crippen molar-refractivity contribution < 1.29 is 18.3 Å². The zero-order valence-corrected chi connectivity index (χ0v) is 13.3. The second-order valence-corrected chi connectivity index (χ2v) is 6.28. The van der Waals surface area contributed by atoms with Crippen LogP contribution in [0.15, 0.2) is 24.5 Å². The number of rotatable bonds is 3. The first kappa shape index (κ1) is 16.7. The minimum atomic E-state index is -4.49. The van der Waals surface area contributed by atoms with Crippen LogP contribution in [0.3, 0.4) is 0 Å². The molecule has 1 unspecified atom stereocenters. The van der Waals surface area contributed by atoms with E-state index in [1.807, 2.05) is 13.8 Å². The average molecular weight is 341 g/mol. The molecule has 9 heteroatoms. The molecule has 0 bridgehead atoms. The standard InChI is InChI=1S/C15H18F3N5O/c1-10(2)23-8-13(20-21-23)14(24)4-6-22(9-14)11-3-5-19-12(7-11)15(16,17)18/h3,5,7-8,10,24H,4,6,9H2,1-2H3. The van der Waals surface area contributed by atoms with Crippen molar-refractivity contribution in [2.24, 2.45) is 0 Å². The smallest absolute Gasteiger partial charge is 0.381 e. The Labute approximate surface area is 136 Å². The first-order valence-corrected chi connectivity index (χ1v) is 7.62. The van der Waals surface area contributed by atoms with Gasteiger partial charge in [-0.2, -0.15) is 13.2 Å². The van der Waals surface area contributed by atoms with Crippen molar-refractivity contribution in [3.05, 3.63) is 35.9 Å². The van der Waals surface area contributed by atoms with E-state index in [4.69, 9.17) is 0 Å². The van der Waals surface area contributed by atoms with E-state index in [0.29, 0.717) is 24.3 Å². The molecular weight excluding hydrogens is 323 g/mol. The fraction of sp³-hybridized carbons (Fsp3) is 0.533. The lowest BCUT2D eigenvalue weighted by Crippen LogP contribution is -2.31. The molecule has 3 rings (SSSR count). The summed E-state index contributed by atoms with van der Waals surface area (Å²) >= 11 is 0. The summed E-state index contributed by atoms with van der Waals surface area (Å²) in [6, 6.07) is 2.62. The molecule has 1 fully saturated rings. The van der Waals surface area contributed by atoms with Gasteiger partial charge in [-0.1, -0.05) is 5.21 Å². The van der Waals surface area contributed by atoms with Gasteiger partial charge >= 0.3 is 6.18 Å². The van der Waals surface area contributed by atoms with Gasteiger partial charge in [0.05, 0.1) is 12.7 Å². The minimum absolute atomic E-state index is 0.113. The third kappa shape index (κ3) is 3.08. The molecule has 0 aliphatic carbocycles. The van der Waals surface area contributed by atoms with E-state index in [2.05, 4.69) is 15.3 Å². The lowest BCUT2D eigenvalue weighted by atomic mass is 10.00. The number of nitrogens with zero attached hydrogens (tertiary/aromatic N) is 5. The maximum atomic E-state index is 12.8. The van der Waals surface area contributed by atoms with Crippen LogP contribution in [0.2, 0.25) is 0 Å². The quantitative estimate of drug-likeness (QED) is 0.928. The number of halogens is 3. The van der Waals surface area contributed by atoms with Gasteiger partial charge in [-0.25, -0.2) is 4.68 Å². The SMILES string of the molecule is CC(C)n1cc(C2(O)CCN(c3ccnc(C(F)(F)F)c3)C2)nn1. The van der Waals surface area contributed by atoms with Crippen LogP contribution in [0, 0.1) is 0 Å². The molecule has 1 aliphatic heterocycles. The third-order valence-electron chi connectivity index (χ3n) is 4.16. The highest BCUT2D eigenvalue weighted by Crippen LogP contribution is 2.35. The molecule has 1 atom stereocenters. The Morgan fingerprint density at radius 3 is 2.71 bits per heavy atom. The first-order chi connectivity index (χ1) is 11.2. The van der Waals surface area contributed by atoms with Gasteiger partial charge in [0.1, 0.15) is 17.0 Å². The van der Waals surface area contributed by atoms with Crippen molar-refractivity contribution in [1.82, 2.24) is 20.0 Å². The van der Waals surface area contributed by atoms with Gasteiger partial charge in [0.2, 0.25) is 0 Å². The summed E-state index contributed by atoms with van der Waals surface area (Å²) in [4.78, 5) is 5.06. The van der Waals surface area contributed by atoms with Crippen molar-refractivity contribution >= 4 is 5.69 Å². The van der Waals surface area contributed by atoms with Gasteiger partial charge in [0.15, 0.2) is 0 Å². The van der Waals surface area contributed by atoms with E-state index >= 15 is 0 Å². The molecule has 2 aromatic heterocycles. The topological polar surface area (TPSA) is 67.1 Å². The second kappa shape index (κ2) is 5.73. The lowest BCUT2D eigenvalue weighted by molar-refractivity contribution is -0.141. The average Bonchev–Trinajstić information content (AvgIpc) is 3.14. The molecule has 0 radical (unpaired) electrons. The number of alkyl halides is 3. The van der Waals surface area contributed by atoms with Gasteiger partial charge < -0.3 is 10.0 Å². The van der Waals surface area contributed by atoms with Crippen LogP contribution in [0.5, 0.6) is 0 Å². The highest BCUT2D eigenvalue weighted by molar-refractivity contribution is 5.49. The summed E-state index contributed by atoms with van der Waals surface area (Å²) in [6.07, 6.45) is -1.31. The van der Waals surface area contributed by atoms with E-state index in [9.17, 15) is 18.3 Å². The summed E-state index contributed by atoms with van der Waals surface area (Å²) in [5, 5.41) is 18.8. The van der Waals surface area contributed by atoms with Crippen LogP contribution < -0.4 is 4.90 Å². The van der Waals surface area contributed by atoms with Gasteiger partial charge in [0, 0.05) is 30.9 Å². The molecule has 24 heavy (non-hydrogen) atoms. The van der Waals surface area contributed by atoms with Crippen LogP contribution in [-0.4, -0.2) is 38.2 Å². The molecule has 0 spiro atoms. The predicted octanol–water partition coefficient (Wildman–Crippen LogP) is 2.37. The normalized spacial score (nSPS) is 21.7. The van der Waals surface area contributed by atoms with E-state index in [1.165, 1.54) is 6.07 Å². The molecule has 1 N–H and O–H groups in total. The molecule has 130 valence electrons. The molecule has 0 aromatic carbocycles. The Bertz CT molecular complexity index is 730. The number of hydrogen-bond donors (Lipinski definition) is 1. The first-order valence-electron chi connectivity index (χ1n) is 7.62. The molecule has 1 aliphatic rings. The largest absolute Gasteiger partial charge is 0.433 e. The zero-order chi connectivity index (χ0) is 17.5. The van der Waals surface area contributed by atoms with E-state index in [-0.39, 0.29) is 12.6 Å². The maximum Gasteiger partial charge on any atom is 0.433 e. The van der Waals surface area contributed by atoms with Crippen molar-refractivity contribution in [3.63, 3.8) is 0 Å².